The smallest absolute Gasteiger partial charge is 0.229 e. The lowest BCUT2D eigenvalue weighted by molar-refractivity contribution is -0.131. The first kappa shape index (κ1) is 12.1. The third-order valence-electron chi connectivity index (χ3n) is 2.59. The summed E-state index contributed by atoms with van der Waals surface area (Å²) in [6.45, 7) is 0.564. The Balaban J connectivity index is 2.09. The molecule has 0 heterocycles. The molecule has 1 aromatic rings. The van der Waals surface area contributed by atoms with Gasteiger partial charge in [-0.1, -0.05) is 30.3 Å². The van der Waals surface area contributed by atoms with Crippen LogP contribution >= 0.6 is 0 Å². The molecule has 4 heteroatoms. The van der Waals surface area contributed by atoms with Crippen molar-refractivity contribution in [3.05, 3.63) is 59.5 Å². The van der Waals surface area contributed by atoms with Gasteiger partial charge in [-0.05, 0) is 5.56 Å². The van der Waals surface area contributed by atoms with Gasteiger partial charge in [0.25, 0.3) is 0 Å². The zero-order chi connectivity index (χ0) is 13.0. The molecule has 18 heavy (non-hydrogen) atoms. The monoisotopic (exact) mass is 243 g/mol. The summed E-state index contributed by atoms with van der Waals surface area (Å²) in [4.78, 5) is 22.5. The van der Waals surface area contributed by atoms with E-state index in [0.717, 1.165) is 5.56 Å². The molecule has 0 aromatic heterocycles. The van der Waals surface area contributed by atoms with Crippen LogP contribution in [-0.4, -0.2) is 18.7 Å². The number of ether oxygens (including phenoxy) is 1. The van der Waals surface area contributed by atoms with Crippen molar-refractivity contribution >= 4 is 11.6 Å². The van der Waals surface area contributed by atoms with E-state index in [1.807, 2.05) is 30.3 Å². The van der Waals surface area contributed by atoms with Crippen LogP contribution in [0, 0.1) is 0 Å². The molecule has 0 fully saturated rings. The minimum absolute atomic E-state index is 0.385. The first-order valence-corrected chi connectivity index (χ1v) is 5.54. The van der Waals surface area contributed by atoms with Gasteiger partial charge >= 0.3 is 0 Å². The molecule has 92 valence electrons. The van der Waals surface area contributed by atoms with E-state index in [1.54, 1.807) is 0 Å². The number of nitrogens with one attached hydrogen (secondary N) is 1. The predicted molar refractivity (Wildman–Crippen MR) is 66.5 cm³/mol. The Morgan fingerprint density at radius 1 is 1.06 bits per heavy atom. The predicted octanol–water partition coefficient (Wildman–Crippen LogP) is 1.34. The summed E-state index contributed by atoms with van der Waals surface area (Å²) < 4.78 is 5.07. The third-order valence-corrected chi connectivity index (χ3v) is 2.59. The SMILES string of the molecule is COC1=CC(=O)C(=O)C=C1NCc1ccccc1. The van der Waals surface area contributed by atoms with Crippen LogP contribution in [0.15, 0.2) is 53.9 Å². The molecule has 1 aliphatic rings. The largest absolute Gasteiger partial charge is 0.494 e. The van der Waals surface area contributed by atoms with Gasteiger partial charge in [0.15, 0.2) is 0 Å². The van der Waals surface area contributed by atoms with Gasteiger partial charge in [-0.15, -0.1) is 0 Å². The molecule has 0 amide bonds. The van der Waals surface area contributed by atoms with Gasteiger partial charge in [0.1, 0.15) is 5.76 Å². The maximum absolute atomic E-state index is 11.3. The molecular weight excluding hydrogens is 230 g/mol. The molecule has 0 saturated heterocycles. The fourth-order valence-corrected chi connectivity index (χ4v) is 1.64. The fourth-order valence-electron chi connectivity index (χ4n) is 1.64. The van der Waals surface area contributed by atoms with E-state index in [1.165, 1.54) is 19.3 Å². The molecule has 0 radical (unpaired) electrons. The minimum atomic E-state index is -0.558. The second-order valence-corrected chi connectivity index (χ2v) is 3.84. The van der Waals surface area contributed by atoms with Gasteiger partial charge in [0.05, 0.1) is 12.8 Å². The number of rotatable bonds is 4. The number of hydrogen-bond acceptors (Lipinski definition) is 4. The van der Waals surface area contributed by atoms with Crippen LogP contribution in [-0.2, 0) is 20.9 Å². The highest BCUT2D eigenvalue weighted by Gasteiger charge is 2.20. The molecule has 1 aliphatic carbocycles. The number of ketones is 2. The number of carbonyl (C=O) groups is 2. The van der Waals surface area contributed by atoms with E-state index in [0.29, 0.717) is 18.0 Å². The van der Waals surface area contributed by atoms with E-state index >= 15 is 0 Å². The molecule has 0 bridgehead atoms. The number of hydrogen-bond donors (Lipinski definition) is 1. The lowest BCUT2D eigenvalue weighted by Gasteiger charge is -2.15. The molecule has 0 atom stereocenters. The van der Waals surface area contributed by atoms with E-state index in [-0.39, 0.29) is 0 Å². The Hall–Kier alpha value is -2.36. The molecule has 0 saturated carbocycles. The molecule has 0 unspecified atom stereocenters. The van der Waals surface area contributed by atoms with Gasteiger partial charge in [-0.2, -0.15) is 0 Å². The van der Waals surface area contributed by atoms with Crippen molar-refractivity contribution in [1.29, 1.82) is 0 Å². The minimum Gasteiger partial charge on any atom is -0.494 e. The van der Waals surface area contributed by atoms with Crippen LogP contribution in [0.5, 0.6) is 0 Å². The van der Waals surface area contributed by atoms with Crippen LogP contribution in [0.3, 0.4) is 0 Å². The van der Waals surface area contributed by atoms with Crippen molar-refractivity contribution < 1.29 is 14.3 Å². The van der Waals surface area contributed by atoms with Crippen LogP contribution in [0.4, 0.5) is 0 Å². The van der Waals surface area contributed by atoms with Gasteiger partial charge in [-0.3, -0.25) is 9.59 Å². The van der Waals surface area contributed by atoms with Crippen molar-refractivity contribution in [3.63, 3.8) is 0 Å². The summed E-state index contributed by atoms with van der Waals surface area (Å²) in [6.07, 6.45) is 2.47. The topological polar surface area (TPSA) is 55.4 Å². The van der Waals surface area contributed by atoms with E-state index in [9.17, 15) is 9.59 Å². The highest BCUT2D eigenvalue weighted by Crippen LogP contribution is 2.14. The highest BCUT2D eigenvalue weighted by atomic mass is 16.5. The van der Waals surface area contributed by atoms with Crippen LogP contribution in [0.1, 0.15) is 5.56 Å². The molecule has 4 nitrogen and oxygen atoms in total. The Kier molecular flexibility index (Phi) is 3.57. The summed E-state index contributed by atoms with van der Waals surface area (Å²) in [6, 6.07) is 9.76. The number of benzene rings is 1. The third kappa shape index (κ3) is 2.66. The molecule has 0 spiro atoms. The molecule has 1 aromatic carbocycles. The zero-order valence-electron chi connectivity index (χ0n) is 9.97. The van der Waals surface area contributed by atoms with Crippen molar-refractivity contribution in [2.45, 2.75) is 6.54 Å². The lowest BCUT2D eigenvalue weighted by Crippen LogP contribution is -2.23. The Labute approximate surface area is 105 Å². The Bertz CT molecular complexity index is 529. The first-order valence-electron chi connectivity index (χ1n) is 5.54. The van der Waals surface area contributed by atoms with Crippen molar-refractivity contribution in [2.24, 2.45) is 0 Å². The second-order valence-electron chi connectivity index (χ2n) is 3.84. The summed E-state index contributed by atoms with van der Waals surface area (Å²) in [5.41, 5.74) is 1.61. The van der Waals surface area contributed by atoms with Crippen LogP contribution < -0.4 is 5.32 Å². The first-order chi connectivity index (χ1) is 8.70. The maximum Gasteiger partial charge on any atom is 0.229 e. The van der Waals surface area contributed by atoms with Crippen molar-refractivity contribution in [3.8, 4) is 0 Å². The summed E-state index contributed by atoms with van der Waals surface area (Å²) in [5.74, 6) is -0.709. The number of carbonyl (C=O) groups excluding carboxylic acids is 2. The molecule has 2 rings (SSSR count). The van der Waals surface area contributed by atoms with Gasteiger partial charge in [-0.25, -0.2) is 0 Å². The van der Waals surface area contributed by atoms with E-state index in [2.05, 4.69) is 5.32 Å². The summed E-state index contributed by atoms with van der Waals surface area (Å²) >= 11 is 0. The standard InChI is InChI=1S/C14H13NO3/c1-18-14-8-13(17)12(16)7-11(14)15-9-10-5-3-2-4-6-10/h2-8,15H,9H2,1H3. The summed E-state index contributed by atoms with van der Waals surface area (Å²) in [5, 5.41) is 3.08. The van der Waals surface area contributed by atoms with E-state index < -0.39 is 11.6 Å². The number of allylic oxidation sites excluding steroid dienone is 2. The van der Waals surface area contributed by atoms with Crippen molar-refractivity contribution in [2.75, 3.05) is 7.11 Å². The maximum atomic E-state index is 11.3. The number of methoxy groups -OCH3 is 1. The lowest BCUT2D eigenvalue weighted by atomic mass is 10.1. The highest BCUT2D eigenvalue weighted by molar-refractivity contribution is 6.46. The second kappa shape index (κ2) is 5.31. The average molecular weight is 243 g/mol. The van der Waals surface area contributed by atoms with Crippen LogP contribution in [0.25, 0.3) is 0 Å². The average Bonchev–Trinajstić information content (AvgIpc) is 2.41. The fraction of sp³-hybridized carbons (Fsp3) is 0.143. The van der Waals surface area contributed by atoms with Crippen LogP contribution in [0.2, 0.25) is 0 Å². The van der Waals surface area contributed by atoms with E-state index in [4.69, 9.17) is 4.74 Å². The van der Waals surface area contributed by atoms with Gasteiger partial charge < -0.3 is 10.1 Å². The Morgan fingerprint density at radius 3 is 2.39 bits per heavy atom. The van der Waals surface area contributed by atoms with Gasteiger partial charge in [0, 0.05) is 18.7 Å². The molecule has 0 aliphatic heterocycles. The summed E-state index contributed by atoms with van der Waals surface area (Å²) in [7, 11) is 1.47. The zero-order valence-corrected chi connectivity index (χ0v) is 9.97. The Morgan fingerprint density at radius 2 is 1.72 bits per heavy atom. The molecule has 1 N–H and O–H groups in total. The quantitative estimate of drug-likeness (QED) is 0.640. The molecular formula is C14H13NO3. The van der Waals surface area contributed by atoms with Gasteiger partial charge in [0.2, 0.25) is 11.6 Å². The normalized spacial score (nSPS) is 14.9. The van der Waals surface area contributed by atoms with Crippen molar-refractivity contribution in [1.82, 2.24) is 5.32 Å².